The summed E-state index contributed by atoms with van der Waals surface area (Å²) in [7, 11) is -3.92. The fraction of sp³-hybridized carbons (Fsp3) is 0.273. The number of nitrogens with zero attached hydrogens (tertiary/aromatic N) is 1. The Kier molecular flexibility index (Phi) is 5.02. The number of sulfone groups is 1. The van der Waals surface area contributed by atoms with E-state index in [0.717, 1.165) is 0 Å². The summed E-state index contributed by atoms with van der Waals surface area (Å²) in [5.41, 5.74) is -2.80. The number of phenolic OH excluding ortho intramolecular Hbond substituents is 1. The topological polar surface area (TPSA) is 139 Å². The van der Waals surface area contributed by atoms with E-state index in [1.54, 1.807) is 13.8 Å². The minimum absolute atomic E-state index is 0.00108. The molecule has 2 atom stereocenters. The van der Waals surface area contributed by atoms with Gasteiger partial charge in [-0.2, -0.15) is 0 Å². The zero-order valence-electron chi connectivity index (χ0n) is 17.6. The third kappa shape index (κ3) is 3.61. The molecular weight excluding hydrogens is 436 g/mol. The third-order valence-electron chi connectivity index (χ3n) is 5.71. The number of rotatable bonds is 4. The average molecular weight is 458 g/mol. The molecule has 0 saturated heterocycles. The number of phenols is 1. The molecule has 0 saturated carbocycles. The summed E-state index contributed by atoms with van der Waals surface area (Å²) in [6.45, 7) is 4.90. The average Bonchev–Trinajstić information content (AvgIpc) is 2.73. The molecule has 0 aliphatic carbocycles. The molecule has 2 aromatic carbocycles. The molecule has 0 fully saturated rings. The van der Waals surface area contributed by atoms with Gasteiger partial charge in [0.2, 0.25) is 15.7 Å². The van der Waals surface area contributed by atoms with Crippen LogP contribution in [0, 0.1) is 0 Å². The number of fused-ring (bicyclic) bond motifs is 1. The van der Waals surface area contributed by atoms with E-state index in [-0.39, 0.29) is 21.4 Å². The second kappa shape index (κ2) is 7.35. The molecule has 2 heterocycles. The highest BCUT2D eigenvalue weighted by atomic mass is 32.2. The number of benzene rings is 2. The maximum absolute atomic E-state index is 13.1. The van der Waals surface area contributed by atoms with Gasteiger partial charge in [-0.1, -0.05) is 0 Å². The summed E-state index contributed by atoms with van der Waals surface area (Å²) in [5.74, 6) is 0.342. The van der Waals surface area contributed by atoms with E-state index in [2.05, 4.69) is 10.2 Å². The van der Waals surface area contributed by atoms with Crippen LogP contribution in [0.4, 0.5) is 0 Å². The van der Waals surface area contributed by atoms with Crippen LogP contribution in [-0.2, 0) is 9.84 Å². The van der Waals surface area contributed by atoms with Crippen LogP contribution >= 0.6 is 0 Å². The SMILES string of the molecule is CC1(C)Oc2ccc(S(=O)(=O)c3ccc(O)cc3)cc2[C@@H](Oc2ccc(=O)[nH]n2)[C@]1(C)O. The van der Waals surface area contributed by atoms with Gasteiger partial charge in [-0.15, -0.1) is 5.10 Å². The number of H-pyrrole nitrogens is 1. The molecule has 4 rings (SSSR count). The van der Waals surface area contributed by atoms with Gasteiger partial charge in [0.05, 0.1) is 9.79 Å². The summed E-state index contributed by atoms with van der Waals surface area (Å²) in [5, 5.41) is 26.9. The van der Waals surface area contributed by atoms with Gasteiger partial charge in [0.15, 0.2) is 6.10 Å². The largest absolute Gasteiger partial charge is 0.508 e. The quantitative estimate of drug-likeness (QED) is 0.541. The van der Waals surface area contributed by atoms with Crippen LogP contribution in [0.15, 0.2) is 69.2 Å². The third-order valence-corrected chi connectivity index (χ3v) is 7.48. The minimum atomic E-state index is -3.92. The normalized spacial score (nSPS) is 21.9. The molecule has 9 nitrogen and oxygen atoms in total. The van der Waals surface area contributed by atoms with Crippen molar-refractivity contribution in [2.75, 3.05) is 0 Å². The van der Waals surface area contributed by atoms with Gasteiger partial charge < -0.3 is 19.7 Å². The number of aromatic amines is 1. The van der Waals surface area contributed by atoms with E-state index in [4.69, 9.17) is 9.47 Å². The summed E-state index contributed by atoms with van der Waals surface area (Å²) < 4.78 is 38.2. The van der Waals surface area contributed by atoms with Gasteiger partial charge in [0.1, 0.15) is 22.7 Å². The zero-order valence-corrected chi connectivity index (χ0v) is 18.4. The first kappa shape index (κ1) is 21.8. The van der Waals surface area contributed by atoms with Crippen LogP contribution in [0.1, 0.15) is 32.4 Å². The Balaban J connectivity index is 1.84. The Morgan fingerprint density at radius 1 is 1.03 bits per heavy atom. The number of aromatic nitrogens is 2. The Morgan fingerprint density at radius 2 is 1.69 bits per heavy atom. The fourth-order valence-electron chi connectivity index (χ4n) is 3.45. The lowest BCUT2D eigenvalue weighted by molar-refractivity contribution is -0.175. The highest BCUT2D eigenvalue weighted by Crippen LogP contribution is 2.48. The predicted molar refractivity (Wildman–Crippen MR) is 114 cm³/mol. The van der Waals surface area contributed by atoms with Crippen LogP contribution in [0.2, 0.25) is 0 Å². The van der Waals surface area contributed by atoms with Crippen LogP contribution in [0.5, 0.6) is 17.4 Å². The van der Waals surface area contributed by atoms with E-state index in [1.807, 2.05) is 0 Å². The van der Waals surface area contributed by atoms with E-state index in [1.165, 1.54) is 61.5 Å². The molecular formula is C22H22N2O7S. The number of hydrogen-bond acceptors (Lipinski definition) is 8. The molecule has 3 aromatic rings. The first-order chi connectivity index (χ1) is 14.9. The number of ether oxygens (including phenoxy) is 2. The number of aromatic hydroxyl groups is 1. The zero-order chi connectivity index (χ0) is 23.3. The van der Waals surface area contributed by atoms with Gasteiger partial charge in [-0.05, 0) is 63.2 Å². The Labute approximate surface area is 184 Å². The fourth-order valence-corrected chi connectivity index (χ4v) is 4.74. The van der Waals surface area contributed by atoms with Crippen molar-refractivity contribution in [3.63, 3.8) is 0 Å². The van der Waals surface area contributed by atoms with Crippen molar-refractivity contribution in [3.8, 4) is 17.4 Å². The van der Waals surface area contributed by atoms with Crippen LogP contribution < -0.4 is 15.0 Å². The van der Waals surface area contributed by atoms with Gasteiger partial charge in [0.25, 0.3) is 5.56 Å². The molecule has 10 heteroatoms. The van der Waals surface area contributed by atoms with E-state index in [0.29, 0.717) is 11.3 Å². The highest BCUT2D eigenvalue weighted by molar-refractivity contribution is 7.91. The predicted octanol–water partition coefficient (Wildman–Crippen LogP) is 2.35. The number of aliphatic hydroxyl groups is 1. The number of nitrogens with one attached hydrogen (secondary N) is 1. The number of hydrogen-bond donors (Lipinski definition) is 3. The smallest absolute Gasteiger partial charge is 0.264 e. The van der Waals surface area contributed by atoms with Crippen LogP contribution in [-0.4, -0.2) is 40.0 Å². The van der Waals surface area contributed by atoms with Crippen molar-refractivity contribution < 1.29 is 28.1 Å². The van der Waals surface area contributed by atoms with E-state index in [9.17, 15) is 23.4 Å². The molecule has 1 aliphatic rings. The van der Waals surface area contributed by atoms with Crippen molar-refractivity contribution in [3.05, 3.63) is 70.5 Å². The lowest BCUT2D eigenvalue weighted by atomic mass is 9.77. The monoisotopic (exact) mass is 458 g/mol. The standard InChI is InChI=1S/C22H22N2O7S/c1-21(2)22(3,27)20(30-19-11-10-18(26)23-24-19)16-12-15(8-9-17(16)31-21)32(28,29)14-6-4-13(25)5-7-14/h4-12,20,25,27H,1-3H3,(H,23,26)/t20-,22+/m1/s1. The van der Waals surface area contributed by atoms with Gasteiger partial charge >= 0.3 is 0 Å². The Hall–Kier alpha value is -3.37. The first-order valence-corrected chi connectivity index (χ1v) is 11.2. The summed E-state index contributed by atoms with van der Waals surface area (Å²) in [4.78, 5) is 11.3. The summed E-state index contributed by atoms with van der Waals surface area (Å²) >= 11 is 0. The maximum Gasteiger partial charge on any atom is 0.264 e. The molecule has 0 amide bonds. The second-order valence-corrected chi connectivity index (χ2v) is 10.2. The molecule has 0 unspecified atom stereocenters. The molecule has 168 valence electrons. The van der Waals surface area contributed by atoms with Gasteiger partial charge in [-0.25, -0.2) is 13.5 Å². The lowest BCUT2D eigenvalue weighted by Gasteiger charge is -2.48. The minimum Gasteiger partial charge on any atom is -0.508 e. The summed E-state index contributed by atoms with van der Waals surface area (Å²) in [6.07, 6.45) is -1.06. The lowest BCUT2D eigenvalue weighted by Crippen LogP contribution is -2.59. The molecule has 32 heavy (non-hydrogen) atoms. The Morgan fingerprint density at radius 3 is 2.31 bits per heavy atom. The molecule has 0 spiro atoms. The van der Waals surface area contributed by atoms with E-state index >= 15 is 0 Å². The van der Waals surface area contributed by atoms with Crippen LogP contribution in [0.3, 0.4) is 0 Å². The van der Waals surface area contributed by atoms with Crippen molar-refractivity contribution in [2.45, 2.75) is 47.9 Å². The summed E-state index contributed by atoms with van der Waals surface area (Å²) in [6, 6.07) is 12.1. The highest BCUT2D eigenvalue weighted by Gasteiger charge is 2.54. The maximum atomic E-state index is 13.1. The molecule has 3 N–H and O–H groups in total. The van der Waals surface area contributed by atoms with Crippen molar-refractivity contribution in [2.24, 2.45) is 0 Å². The van der Waals surface area contributed by atoms with Crippen LogP contribution in [0.25, 0.3) is 0 Å². The molecule has 1 aliphatic heterocycles. The van der Waals surface area contributed by atoms with Crippen molar-refractivity contribution in [1.29, 1.82) is 0 Å². The first-order valence-electron chi connectivity index (χ1n) is 9.74. The van der Waals surface area contributed by atoms with Gasteiger partial charge in [-0.3, -0.25) is 4.79 Å². The molecule has 1 aromatic heterocycles. The Bertz CT molecular complexity index is 1310. The molecule has 0 bridgehead atoms. The second-order valence-electron chi connectivity index (χ2n) is 8.21. The van der Waals surface area contributed by atoms with Crippen molar-refractivity contribution in [1.82, 2.24) is 10.2 Å². The van der Waals surface area contributed by atoms with Gasteiger partial charge in [0, 0.05) is 17.7 Å². The van der Waals surface area contributed by atoms with E-state index < -0.39 is 32.7 Å². The van der Waals surface area contributed by atoms with Crippen molar-refractivity contribution >= 4 is 9.84 Å². The molecule has 0 radical (unpaired) electrons.